The minimum Gasteiger partial charge on any atom is -0.303 e. The number of hydrogen-bond donors (Lipinski definition) is 1. The lowest BCUT2D eigenvalue weighted by Crippen LogP contribution is -2.25. The molecule has 1 N–H and O–H groups in total. The molecule has 0 radical (unpaired) electrons. The Bertz CT molecular complexity index is 154. The van der Waals surface area contributed by atoms with Crippen molar-refractivity contribution >= 4 is 0 Å². The Hall–Kier alpha value is -0.740. The van der Waals surface area contributed by atoms with Crippen LogP contribution in [-0.2, 0) is 0 Å². The molecule has 0 heterocycles. The van der Waals surface area contributed by atoms with Crippen molar-refractivity contribution in [1.29, 1.82) is 0 Å². The van der Waals surface area contributed by atoms with Crippen LogP contribution >= 0.6 is 0 Å². The standard InChI is InChI=1S/C8H13N.C4H8/c1-2-7-9-8-5-3-4-6-8;1-3-4-2/h1,8-9H,3-7H2;3-4H,1-2H3/b;4-3-. The molecule has 13 heavy (non-hydrogen) atoms. The van der Waals surface area contributed by atoms with E-state index in [-0.39, 0.29) is 0 Å². The first-order valence-corrected chi connectivity index (χ1v) is 5.09. The molecule has 1 fully saturated rings. The normalized spacial score (nSPS) is 16.7. The molecule has 0 aromatic heterocycles. The summed E-state index contributed by atoms with van der Waals surface area (Å²) in [6, 6.07) is 0.723. The summed E-state index contributed by atoms with van der Waals surface area (Å²) in [5.41, 5.74) is 0. The minimum atomic E-state index is 0.723. The first kappa shape index (κ1) is 12.3. The van der Waals surface area contributed by atoms with Crippen LogP contribution < -0.4 is 5.32 Å². The number of nitrogens with one attached hydrogen (secondary N) is 1. The lowest BCUT2D eigenvalue weighted by molar-refractivity contribution is 0.561. The van der Waals surface area contributed by atoms with Crippen LogP contribution in [0.3, 0.4) is 0 Å². The third kappa shape index (κ3) is 7.62. The van der Waals surface area contributed by atoms with Gasteiger partial charge >= 0.3 is 0 Å². The minimum absolute atomic E-state index is 0.723. The molecule has 1 aliphatic carbocycles. The summed E-state index contributed by atoms with van der Waals surface area (Å²) < 4.78 is 0. The summed E-state index contributed by atoms with van der Waals surface area (Å²) >= 11 is 0. The monoisotopic (exact) mass is 179 g/mol. The van der Waals surface area contributed by atoms with Crippen molar-refractivity contribution in [2.45, 2.75) is 45.6 Å². The lowest BCUT2D eigenvalue weighted by Gasteiger charge is -2.06. The average Bonchev–Trinajstić information content (AvgIpc) is 2.67. The van der Waals surface area contributed by atoms with E-state index in [1.165, 1.54) is 25.7 Å². The Balaban J connectivity index is 0.000000310. The molecule has 1 aliphatic rings. The van der Waals surface area contributed by atoms with Gasteiger partial charge in [0.25, 0.3) is 0 Å². The Morgan fingerprint density at radius 1 is 1.31 bits per heavy atom. The summed E-state index contributed by atoms with van der Waals surface area (Å²) in [6.07, 6.45) is 14.5. The van der Waals surface area contributed by atoms with E-state index < -0.39 is 0 Å². The van der Waals surface area contributed by atoms with Crippen molar-refractivity contribution in [3.05, 3.63) is 12.2 Å². The van der Waals surface area contributed by atoms with Crippen molar-refractivity contribution < 1.29 is 0 Å². The van der Waals surface area contributed by atoms with E-state index in [4.69, 9.17) is 6.42 Å². The smallest absolute Gasteiger partial charge is 0.0575 e. The van der Waals surface area contributed by atoms with Gasteiger partial charge in [0.15, 0.2) is 0 Å². The van der Waals surface area contributed by atoms with Crippen LogP contribution in [0.25, 0.3) is 0 Å². The number of terminal acetylenes is 1. The van der Waals surface area contributed by atoms with Crippen LogP contribution in [0.5, 0.6) is 0 Å². The van der Waals surface area contributed by atoms with E-state index in [9.17, 15) is 0 Å². The van der Waals surface area contributed by atoms with Gasteiger partial charge in [-0.15, -0.1) is 6.42 Å². The van der Waals surface area contributed by atoms with E-state index in [0.717, 1.165) is 12.6 Å². The fourth-order valence-electron chi connectivity index (χ4n) is 1.33. The average molecular weight is 179 g/mol. The molecule has 1 nitrogen and oxygen atoms in total. The van der Waals surface area contributed by atoms with Gasteiger partial charge in [0.2, 0.25) is 0 Å². The van der Waals surface area contributed by atoms with Gasteiger partial charge < -0.3 is 5.32 Å². The molecule has 0 atom stereocenters. The number of hydrogen-bond acceptors (Lipinski definition) is 1. The molecule has 0 saturated heterocycles. The molecule has 0 bridgehead atoms. The highest BCUT2D eigenvalue weighted by molar-refractivity contribution is 4.89. The van der Waals surface area contributed by atoms with Crippen molar-refractivity contribution in [2.75, 3.05) is 6.54 Å². The highest BCUT2D eigenvalue weighted by atomic mass is 14.9. The summed E-state index contributed by atoms with van der Waals surface area (Å²) in [7, 11) is 0. The fraction of sp³-hybridized carbons (Fsp3) is 0.667. The molecule has 0 unspecified atom stereocenters. The zero-order valence-electron chi connectivity index (χ0n) is 8.84. The zero-order valence-corrected chi connectivity index (χ0v) is 8.84. The Morgan fingerprint density at radius 3 is 2.23 bits per heavy atom. The predicted octanol–water partition coefficient (Wildman–Crippen LogP) is 2.73. The SMILES string of the molecule is C#CCNC1CCCC1.C/C=C\C. The molecule has 0 aliphatic heterocycles. The van der Waals surface area contributed by atoms with Crippen LogP contribution in [0.1, 0.15) is 39.5 Å². The second-order valence-corrected chi connectivity index (χ2v) is 3.23. The van der Waals surface area contributed by atoms with Crippen molar-refractivity contribution in [3.8, 4) is 12.3 Å². The summed E-state index contributed by atoms with van der Waals surface area (Å²) in [5.74, 6) is 2.58. The van der Waals surface area contributed by atoms with Crippen LogP contribution in [-0.4, -0.2) is 12.6 Å². The Morgan fingerprint density at radius 2 is 1.85 bits per heavy atom. The van der Waals surface area contributed by atoms with Crippen molar-refractivity contribution in [1.82, 2.24) is 5.32 Å². The largest absolute Gasteiger partial charge is 0.303 e. The summed E-state index contributed by atoms with van der Waals surface area (Å²) in [4.78, 5) is 0. The van der Waals surface area contributed by atoms with Gasteiger partial charge in [-0.3, -0.25) is 0 Å². The van der Waals surface area contributed by atoms with Crippen LogP contribution in [0.4, 0.5) is 0 Å². The first-order valence-electron chi connectivity index (χ1n) is 5.09. The predicted molar refractivity (Wildman–Crippen MR) is 59.6 cm³/mol. The summed E-state index contributed by atoms with van der Waals surface area (Å²) in [6.45, 7) is 4.74. The van der Waals surface area contributed by atoms with Gasteiger partial charge in [-0.05, 0) is 26.7 Å². The molecule has 0 aromatic rings. The molecule has 0 spiro atoms. The third-order valence-corrected chi connectivity index (χ3v) is 2.18. The highest BCUT2D eigenvalue weighted by Crippen LogP contribution is 2.16. The molecular weight excluding hydrogens is 158 g/mol. The molecule has 1 rings (SSSR count). The van der Waals surface area contributed by atoms with Crippen LogP contribution in [0.2, 0.25) is 0 Å². The fourth-order valence-corrected chi connectivity index (χ4v) is 1.33. The maximum absolute atomic E-state index is 5.09. The maximum atomic E-state index is 5.09. The topological polar surface area (TPSA) is 12.0 Å². The van der Waals surface area contributed by atoms with Gasteiger partial charge in [-0.1, -0.05) is 30.9 Å². The van der Waals surface area contributed by atoms with E-state index in [0.29, 0.717) is 0 Å². The quantitative estimate of drug-likeness (QED) is 0.507. The van der Waals surface area contributed by atoms with Gasteiger partial charge in [-0.2, -0.15) is 0 Å². The van der Waals surface area contributed by atoms with E-state index in [2.05, 4.69) is 11.2 Å². The highest BCUT2D eigenvalue weighted by Gasteiger charge is 2.12. The second-order valence-electron chi connectivity index (χ2n) is 3.23. The van der Waals surface area contributed by atoms with Gasteiger partial charge in [0.05, 0.1) is 6.54 Å². The van der Waals surface area contributed by atoms with Crippen molar-refractivity contribution in [2.24, 2.45) is 0 Å². The maximum Gasteiger partial charge on any atom is 0.0575 e. The molecule has 0 aromatic carbocycles. The zero-order chi connectivity index (χ0) is 9.94. The van der Waals surface area contributed by atoms with Crippen molar-refractivity contribution in [3.63, 3.8) is 0 Å². The molecule has 0 amide bonds. The molecule has 74 valence electrons. The molecular formula is C12H21N. The van der Waals surface area contributed by atoms with Gasteiger partial charge in [0.1, 0.15) is 0 Å². The number of rotatable bonds is 2. The van der Waals surface area contributed by atoms with Crippen LogP contribution in [0, 0.1) is 12.3 Å². The molecule has 1 heteroatoms. The van der Waals surface area contributed by atoms with E-state index in [1.54, 1.807) is 0 Å². The van der Waals surface area contributed by atoms with Gasteiger partial charge in [-0.25, -0.2) is 0 Å². The van der Waals surface area contributed by atoms with E-state index >= 15 is 0 Å². The summed E-state index contributed by atoms with van der Waals surface area (Å²) in [5, 5.41) is 3.30. The van der Waals surface area contributed by atoms with E-state index in [1.807, 2.05) is 26.0 Å². The number of allylic oxidation sites excluding steroid dienone is 2. The van der Waals surface area contributed by atoms with Gasteiger partial charge in [0, 0.05) is 6.04 Å². The molecule has 1 saturated carbocycles. The Labute approximate surface area is 82.6 Å². The first-order chi connectivity index (χ1) is 6.35. The second kappa shape index (κ2) is 9.35. The Kier molecular flexibility index (Phi) is 8.82. The third-order valence-electron chi connectivity index (χ3n) is 2.18. The van der Waals surface area contributed by atoms with Crippen LogP contribution in [0.15, 0.2) is 12.2 Å². The lowest BCUT2D eigenvalue weighted by atomic mass is 10.2.